The third-order valence-corrected chi connectivity index (χ3v) is 5.16. The summed E-state index contributed by atoms with van der Waals surface area (Å²) in [5.41, 5.74) is 1.74. The lowest BCUT2D eigenvalue weighted by Crippen LogP contribution is -1.86. The van der Waals surface area contributed by atoms with Crippen molar-refractivity contribution in [2.75, 3.05) is 0 Å². The van der Waals surface area contributed by atoms with E-state index in [0.29, 0.717) is 5.02 Å². The molecule has 0 spiro atoms. The van der Waals surface area contributed by atoms with Crippen molar-refractivity contribution in [3.8, 4) is 11.1 Å². The van der Waals surface area contributed by atoms with Gasteiger partial charge in [-0.15, -0.1) is 0 Å². The minimum Gasteiger partial charge on any atom is -0.207 e. The van der Waals surface area contributed by atoms with Gasteiger partial charge in [-0.05, 0) is 67.7 Å². The van der Waals surface area contributed by atoms with E-state index in [1.165, 1.54) is 39.1 Å². The number of fused-ring (bicyclic) bond motifs is 6. The number of hydrogen-bond donors (Lipinski definition) is 0. The van der Waals surface area contributed by atoms with Crippen LogP contribution in [0.15, 0.2) is 84.9 Å². The molecule has 0 aliphatic heterocycles. The van der Waals surface area contributed by atoms with Gasteiger partial charge in [0.1, 0.15) is 5.82 Å². The maximum Gasteiger partial charge on any atom is 0.125 e. The molecule has 2 heteroatoms. The molecule has 0 aromatic heterocycles. The molecule has 0 saturated carbocycles. The Kier molecular flexibility index (Phi) is 3.44. The second-order valence-corrected chi connectivity index (χ2v) is 6.95. The van der Waals surface area contributed by atoms with E-state index in [2.05, 4.69) is 60.7 Å². The molecule has 0 aliphatic carbocycles. The predicted octanol–water partition coefficient (Wildman–Crippen LogP) is 7.61. The number of hydrogen-bond acceptors (Lipinski definition) is 0. The second-order valence-electron chi connectivity index (χ2n) is 6.51. The van der Waals surface area contributed by atoms with Gasteiger partial charge in [0.25, 0.3) is 0 Å². The zero-order valence-corrected chi connectivity index (χ0v) is 14.6. The highest BCUT2D eigenvalue weighted by Gasteiger charge is 2.10. The molecule has 5 aromatic rings. The van der Waals surface area contributed by atoms with Crippen LogP contribution in [0.25, 0.3) is 43.4 Å². The topological polar surface area (TPSA) is 0 Å². The summed E-state index contributed by atoms with van der Waals surface area (Å²) in [5, 5.41) is 7.67. The molecule has 0 aliphatic rings. The molecule has 5 rings (SSSR count). The third kappa shape index (κ3) is 2.36. The third-order valence-electron chi connectivity index (χ3n) is 4.94. The fourth-order valence-electron chi connectivity index (χ4n) is 3.81. The predicted molar refractivity (Wildman–Crippen MR) is 109 cm³/mol. The van der Waals surface area contributed by atoms with Crippen LogP contribution in [0, 0.1) is 5.82 Å². The van der Waals surface area contributed by atoms with E-state index in [4.69, 9.17) is 11.6 Å². The Morgan fingerprint density at radius 2 is 1.04 bits per heavy atom. The van der Waals surface area contributed by atoms with Crippen molar-refractivity contribution in [1.82, 2.24) is 0 Å². The summed E-state index contributed by atoms with van der Waals surface area (Å²) in [4.78, 5) is 0. The Balaban J connectivity index is 1.92. The Bertz CT molecular complexity index is 1250. The van der Waals surface area contributed by atoms with Gasteiger partial charge in [0.2, 0.25) is 0 Å². The lowest BCUT2D eigenvalue weighted by atomic mass is 9.92. The van der Waals surface area contributed by atoms with Crippen molar-refractivity contribution in [1.29, 1.82) is 0 Å². The first-order valence-corrected chi connectivity index (χ1v) is 8.88. The standard InChI is InChI=1S/C24H14ClF/c25-17-11-16(12-18(26)14-17)15-9-10-23-21-7-2-1-5-19(21)20-6-3-4-8-22(20)24(23)13-15/h1-14H. The normalized spacial score (nSPS) is 11.5. The summed E-state index contributed by atoms with van der Waals surface area (Å²) in [6.45, 7) is 0. The highest BCUT2D eigenvalue weighted by molar-refractivity contribution is 6.31. The number of rotatable bonds is 1. The van der Waals surface area contributed by atoms with E-state index in [0.717, 1.165) is 16.5 Å². The number of benzene rings is 5. The number of halogens is 2. The Morgan fingerprint density at radius 1 is 0.500 bits per heavy atom. The SMILES string of the molecule is Fc1cc(Cl)cc(-c2ccc3c4ccccc4c4ccccc4c3c2)c1. The average Bonchev–Trinajstić information content (AvgIpc) is 2.67. The van der Waals surface area contributed by atoms with Crippen LogP contribution in [0.5, 0.6) is 0 Å². The van der Waals surface area contributed by atoms with Crippen molar-refractivity contribution in [2.45, 2.75) is 0 Å². The zero-order chi connectivity index (χ0) is 17.7. The fraction of sp³-hybridized carbons (Fsp3) is 0. The molecule has 0 N–H and O–H groups in total. The minimum atomic E-state index is -0.323. The molecule has 0 radical (unpaired) electrons. The molecule has 124 valence electrons. The van der Waals surface area contributed by atoms with E-state index >= 15 is 0 Å². The largest absolute Gasteiger partial charge is 0.207 e. The highest BCUT2D eigenvalue weighted by atomic mass is 35.5. The van der Waals surface area contributed by atoms with E-state index in [-0.39, 0.29) is 5.82 Å². The zero-order valence-electron chi connectivity index (χ0n) is 13.8. The molecule has 0 saturated heterocycles. The maximum absolute atomic E-state index is 13.8. The molecule has 0 heterocycles. The Morgan fingerprint density at radius 3 is 1.62 bits per heavy atom. The lowest BCUT2D eigenvalue weighted by Gasteiger charge is -2.12. The summed E-state index contributed by atoms with van der Waals surface area (Å²) in [7, 11) is 0. The van der Waals surface area contributed by atoms with Crippen LogP contribution in [-0.4, -0.2) is 0 Å². The quantitative estimate of drug-likeness (QED) is 0.271. The lowest BCUT2D eigenvalue weighted by molar-refractivity contribution is 0.628. The molecule has 0 fully saturated rings. The Hall–Kier alpha value is -2.90. The van der Waals surface area contributed by atoms with Gasteiger partial charge in [-0.3, -0.25) is 0 Å². The first-order chi connectivity index (χ1) is 12.7. The van der Waals surface area contributed by atoms with E-state index < -0.39 is 0 Å². The van der Waals surface area contributed by atoms with Crippen LogP contribution in [0.1, 0.15) is 0 Å². The molecule has 26 heavy (non-hydrogen) atoms. The van der Waals surface area contributed by atoms with Crippen molar-refractivity contribution < 1.29 is 4.39 Å². The molecule has 0 amide bonds. The minimum absolute atomic E-state index is 0.323. The van der Waals surface area contributed by atoms with Crippen molar-refractivity contribution in [2.24, 2.45) is 0 Å². The molecule has 0 atom stereocenters. The monoisotopic (exact) mass is 356 g/mol. The van der Waals surface area contributed by atoms with Crippen molar-refractivity contribution in [3.63, 3.8) is 0 Å². The van der Waals surface area contributed by atoms with Gasteiger partial charge in [0.15, 0.2) is 0 Å². The molecule has 0 bridgehead atoms. The van der Waals surface area contributed by atoms with Crippen LogP contribution >= 0.6 is 11.6 Å². The van der Waals surface area contributed by atoms with E-state index in [1.54, 1.807) is 6.07 Å². The average molecular weight is 357 g/mol. The van der Waals surface area contributed by atoms with Gasteiger partial charge < -0.3 is 0 Å². The van der Waals surface area contributed by atoms with Crippen LogP contribution < -0.4 is 0 Å². The van der Waals surface area contributed by atoms with Crippen LogP contribution in [0.2, 0.25) is 5.02 Å². The molecule has 5 aromatic carbocycles. The first-order valence-electron chi connectivity index (χ1n) is 8.50. The summed E-state index contributed by atoms with van der Waals surface area (Å²) in [6.07, 6.45) is 0. The van der Waals surface area contributed by atoms with Gasteiger partial charge >= 0.3 is 0 Å². The summed E-state index contributed by atoms with van der Waals surface area (Å²) in [6, 6.07) is 27.8. The second kappa shape index (κ2) is 5.82. The Labute approximate surface area is 155 Å². The van der Waals surface area contributed by atoms with Gasteiger partial charge in [-0.25, -0.2) is 4.39 Å². The molecular weight excluding hydrogens is 343 g/mol. The first kappa shape index (κ1) is 15.4. The van der Waals surface area contributed by atoms with Crippen LogP contribution in [-0.2, 0) is 0 Å². The van der Waals surface area contributed by atoms with Gasteiger partial charge in [0.05, 0.1) is 0 Å². The molecular formula is C24H14ClF. The highest BCUT2D eigenvalue weighted by Crippen LogP contribution is 2.37. The summed E-state index contributed by atoms with van der Waals surface area (Å²) < 4.78 is 13.8. The molecule has 0 nitrogen and oxygen atoms in total. The maximum atomic E-state index is 13.8. The van der Waals surface area contributed by atoms with Crippen molar-refractivity contribution in [3.05, 3.63) is 95.8 Å². The van der Waals surface area contributed by atoms with Gasteiger partial charge in [-0.2, -0.15) is 0 Å². The van der Waals surface area contributed by atoms with Crippen LogP contribution in [0.4, 0.5) is 4.39 Å². The molecule has 0 unspecified atom stereocenters. The smallest absolute Gasteiger partial charge is 0.125 e. The van der Waals surface area contributed by atoms with E-state index in [9.17, 15) is 4.39 Å². The van der Waals surface area contributed by atoms with E-state index in [1.807, 2.05) is 6.07 Å². The summed E-state index contributed by atoms with van der Waals surface area (Å²) >= 11 is 6.05. The fourth-order valence-corrected chi connectivity index (χ4v) is 4.03. The summed E-state index contributed by atoms with van der Waals surface area (Å²) in [5.74, 6) is -0.323. The van der Waals surface area contributed by atoms with Gasteiger partial charge in [0, 0.05) is 5.02 Å². The van der Waals surface area contributed by atoms with Gasteiger partial charge in [-0.1, -0.05) is 72.3 Å². The van der Waals surface area contributed by atoms with Crippen LogP contribution in [0.3, 0.4) is 0 Å². The van der Waals surface area contributed by atoms with Crippen molar-refractivity contribution >= 4 is 43.9 Å².